The highest BCUT2D eigenvalue weighted by Crippen LogP contribution is 2.29. The number of benzene rings is 2. The molecule has 2 aromatic carbocycles. The highest BCUT2D eigenvalue weighted by Gasteiger charge is 2.03. The molecule has 1 N–H and O–H groups in total. The predicted octanol–water partition coefficient (Wildman–Crippen LogP) is 5.37. The summed E-state index contributed by atoms with van der Waals surface area (Å²) in [6.45, 7) is 0. The number of anilines is 2. The molecule has 5 heteroatoms. The van der Waals surface area contributed by atoms with Crippen LogP contribution in [-0.2, 0) is 0 Å². The number of nitriles is 1. The summed E-state index contributed by atoms with van der Waals surface area (Å²) >= 11 is 15.3. The monoisotopic (exact) mass is 340 g/mol. The fraction of sp³-hybridized carbons (Fsp3) is 0. The molecule has 0 bridgehead atoms. The van der Waals surface area contributed by atoms with Crippen molar-refractivity contribution in [2.75, 3.05) is 5.32 Å². The van der Waals surface area contributed by atoms with Crippen LogP contribution in [0.5, 0.6) is 0 Å². The first kappa shape index (κ1) is 13.2. The van der Waals surface area contributed by atoms with Gasteiger partial charge in [0.2, 0.25) is 0 Å². The van der Waals surface area contributed by atoms with Gasteiger partial charge >= 0.3 is 0 Å². The average molecular weight is 342 g/mol. The maximum Gasteiger partial charge on any atom is 0.0992 e. The smallest absolute Gasteiger partial charge is 0.0992 e. The third kappa shape index (κ3) is 3.17. The van der Waals surface area contributed by atoms with Crippen molar-refractivity contribution in [2.45, 2.75) is 0 Å². The normalized spacial score (nSPS) is 9.89. The van der Waals surface area contributed by atoms with Crippen LogP contribution in [0.4, 0.5) is 11.4 Å². The van der Waals surface area contributed by atoms with E-state index in [2.05, 4.69) is 27.3 Å². The van der Waals surface area contributed by atoms with Gasteiger partial charge < -0.3 is 5.32 Å². The van der Waals surface area contributed by atoms with E-state index in [0.717, 1.165) is 15.8 Å². The van der Waals surface area contributed by atoms with Gasteiger partial charge in [0.25, 0.3) is 0 Å². The number of hydrogen-bond donors (Lipinski definition) is 1. The van der Waals surface area contributed by atoms with Crippen LogP contribution in [0.1, 0.15) is 5.56 Å². The van der Waals surface area contributed by atoms with E-state index >= 15 is 0 Å². The molecule has 18 heavy (non-hydrogen) atoms. The fourth-order valence-electron chi connectivity index (χ4n) is 1.47. The first-order valence-corrected chi connectivity index (χ1v) is 6.56. The van der Waals surface area contributed by atoms with Gasteiger partial charge in [0, 0.05) is 20.2 Å². The summed E-state index contributed by atoms with van der Waals surface area (Å²) in [5, 5.41) is 13.1. The fourth-order valence-corrected chi connectivity index (χ4v) is 2.47. The largest absolute Gasteiger partial charge is 0.355 e. The Hall–Kier alpha value is -1.21. The van der Waals surface area contributed by atoms with Crippen LogP contribution in [0.15, 0.2) is 40.9 Å². The first-order valence-electron chi connectivity index (χ1n) is 5.01. The Morgan fingerprint density at radius 3 is 2.28 bits per heavy atom. The zero-order valence-electron chi connectivity index (χ0n) is 9.05. The molecule has 0 unspecified atom stereocenters. The van der Waals surface area contributed by atoms with Crippen LogP contribution in [0, 0.1) is 11.3 Å². The number of halogens is 3. The van der Waals surface area contributed by atoms with Crippen molar-refractivity contribution in [3.05, 3.63) is 56.5 Å². The third-order valence-electron chi connectivity index (χ3n) is 2.24. The Kier molecular flexibility index (Phi) is 4.13. The summed E-state index contributed by atoms with van der Waals surface area (Å²) in [7, 11) is 0. The average Bonchev–Trinajstić information content (AvgIpc) is 2.30. The van der Waals surface area contributed by atoms with Crippen molar-refractivity contribution in [2.24, 2.45) is 0 Å². The molecule has 0 saturated heterocycles. The van der Waals surface area contributed by atoms with Gasteiger partial charge in [0.15, 0.2) is 0 Å². The SMILES string of the molecule is N#Cc1ccc(Nc2cc(Cl)cc(Cl)c2)c(Br)c1. The van der Waals surface area contributed by atoms with Crippen molar-refractivity contribution in [3.8, 4) is 6.07 Å². The van der Waals surface area contributed by atoms with E-state index in [1.807, 2.05) is 6.07 Å². The Labute approximate surface area is 123 Å². The van der Waals surface area contributed by atoms with E-state index in [0.29, 0.717) is 15.6 Å². The summed E-state index contributed by atoms with van der Waals surface area (Å²) in [6.07, 6.45) is 0. The Balaban J connectivity index is 2.31. The molecule has 0 atom stereocenters. The molecular formula is C13H7BrCl2N2. The zero-order valence-corrected chi connectivity index (χ0v) is 12.1. The van der Waals surface area contributed by atoms with Crippen LogP contribution in [-0.4, -0.2) is 0 Å². The van der Waals surface area contributed by atoms with Gasteiger partial charge in [-0.15, -0.1) is 0 Å². The summed E-state index contributed by atoms with van der Waals surface area (Å²) in [5.41, 5.74) is 2.22. The summed E-state index contributed by atoms with van der Waals surface area (Å²) < 4.78 is 0.803. The second-order valence-electron chi connectivity index (χ2n) is 3.59. The van der Waals surface area contributed by atoms with Crippen LogP contribution in [0.25, 0.3) is 0 Å². The van der Waals surface area contributed by atoms with Crippen molar-refractivity contribution < 1.29 is 0 Å². The second-order valence-corrected chi connectivity index (χ2v) is 5.32. The molecule has 0 aliphatic heterocycles. The van der Waals surface area contributed by atoms with E-state index in [9.17, 15) is 0 Å². The van der Waals surface area contributed by atoms with Crippen LogP contribution in [0.3, 0.4) is 0 Å². The van der Waals surface area contributed by atoms with E-state index in [-0.39, 0.29) is 0 Å². The molecule has 0 aromatic heterocycles. The molecule has 2 aromatic rings. The highest BCUT2D eigenvalue weighted by atomic mass is 79.9. The molecule has 0 aliphatic rings. The molecule has 0 radical (unpaired) electrons. The molecule has 0 fully saturated rings. The Bertz CT molecular complexity index is 615. The molecule has 2 rings (SSSR count). The minimum absolute atomic E-state index is 0.565. The zero-order chi connectivity index (χ0) is 13.1. The van der Waals surface area contributed by atoms with E-state index in [1.54, 1.807) is 30.3 Å². The number of rotatable bonds is 2. The van der Waals surface area contributed by atoms with E-state index in [1.165, 1.54) is 0 Å². The number of nitrogens with zero attached hydrogens (tertiary/aromatic N) is 1. The number of hydrogen-bond acceptors (Lipinski definition) is 2. The summed E-state index contributed by atoms with van der Waals surface area (Å²) in [4.78, 5) is 0. The molecule has 0 amide bonds. The lowest BCUT2D eigenvalue weighted by Crippen LogP contribution is -1.92. The van der Waals surface area contributed by atoms with E-state index < -0.39 is 0 Å². The Morgan fingerprint density at radius 1 is 1.06 bits per heavy atom. The maximum atomic E-state index is 8.79. The molecular weight excluding hydrogens is 335 g/mol. The van der Waals surface area contributed by atoms with Crippen molar-refractivity contribution in [1.29, 1.82) is 5.26 Å². The minimum Gasteiger partial charge on any atom is -0.355 e. The molecule has 90 valence electrons. The topological polar surface area (TPSA) is 35.8 Å². The lowest BCUT2D eigenvalue weighted by atomic mass is 10.2. The van der Waals surface area contributed by atoms with Gasteiger partial charge in [-0.3, -0.25) is 0 Å². The second kappa shape index (κ2) is 5.62. The van der Waals surface area contributed by atoms with Gasteiger partial charge in [-0.1, -0.05) is 23.2 Å². The van der Waals surface area contributed by atoms with Gasteiger partial charge in [-0.05, 0) is 52.3 Å². The molecule has 0 saturated carbocycles. The van der Waals surface area contributed by atoms with Crippen LogP contribution in [0.2, 0.25) is 10.0 Å². The van der Waals surface area contributed by atoms with Crippen molar-refractivity contribution >= 4 is 50.5 Å². The highest BCUT2D eigenvalue weighted by molar-refractivity contribution is 9.10. The van der Waals surface area contributed by atoms with Crippen LogP contribution < -0.4 is 5.32 Å². The maximum absolute atomic E-state index is 8.79. The van der Waals surface area contributed by atoms with Gasteiger partial charge in [0.1, 0.15) is 0 Å². The lowest BCUT2D eigenvalue weighted by Gasteiger charge is -2.09. The van der Waals surface area contributed by atoms with E-state index in [4.69, 9.17) is 28.5 Å². The van der Waals surface area contributed by atoms with Gasteiger partial charge in [-0.25, -0.2) is 0 Å². The first-order chi connectivity index (χ1) is 8.58. The van der Waals surface area contributed by atoms with Crippen LogP contribution >= 0.6 is 39.1 Å². The van der Waals surface area contributed by atoms with Gasteiger partial charge in [0.05, 0.1) is 17.3 Å². The molecule has 0 aliphatic carbocycles. The number of nitrogens with one attached hydrogen (secondary N) is 1. The standard InChI is InChI=1S/C13H7BrCl2N2/c14-12-3-8(7-17)1-2-13(12)18-11-5-9(15)4-10(16)6-11/h1-6,18H. The summed E-state index contributed by atoms with van der Waals surface area (Å²) in [6, 6.07) is 12.6. The minimum atomic E-state index is 0.565. The quantitative estimate of drug-likeness (QED) is 0.796. The Morgan fingerprint density at radius 2 is 1.72 bits per heavy atom. The summed E-state index contributed by atoms with van der Waals surface area (Å²) in [5.74, 6) is 0. The molecule has 2 nitrogen and oxygen atoms in total. The van der Waals surface area contributed by atoms with Crippen molar-refractivity contribution in [1.82, 2.24) is 0 Å². The molecule has 0 spiro atoms. The van der Waals surface area contributed by atoms with Gasteiger partial charge in [-0.2, -0.15) is 5.26 Å². The lowest BCUT2D eigenvalue weighted by molar-refractivity contribution is 1.46. The third-order valence-corrected chi connectivity index (χ3v) is 3.33. The van der Waals surface area contributed by atoms with Crippen molar-refractivity contribution in [3.63, 3.8) is 0 Å². The molecule has 0 heterocycles. The predicted molar refractivity (Wildman–Crippen MR) is 78.6 cm³/mol.